The highest BCUT2D eigenvalue weighted by molar-refractivity contribution is 5.98. The Hall–Kier alpha value is -2.86. The minimum Gasteiger partial charge on any atom is -0.482 e. The number of hydrogen-bond donors (Lipinski definition) is 1. The number of nitrogens with zero attached hydrogens (tertiary/aromatic N) is 2. The molecule has 2 aromatic rings. The summed E-state index contributed by atoms with van der Waals surface area (Å²) in [5.41, 5.74) is 3.64. The van der Waals surface area contributed by atoms with E-state index in [9.17, 15) is 9.59 Å². The first-order valence-electron chi connectivity index (χ1n) is 12.0. The van der Waals surface area contributed by atoms with Gasteiger partial charge in [-0.1, -0.05) is 39.0 Å². The van der Waals surface area contributed by atoms with Crippen molar-refractivity contribution in [1.29, 1.82) is 0 Å². The minimum absolute atomic E-state index is 0.0188. The number of hydrogen-bond acceptors (Lipinski definition) is 4. The molecular formula is C27H35N3O3. The van der Waals surface area contributed by atoms with E-state index in [2.05, 4.69) is 43.1 Å². The van der Waals surface area contributed by atoms with Crippen LogP contribution >= 0.6 is 0 Å². The standard InChI is InChI=1S/C27H35N3O3/c1-4-27(2,3)22-11-12-24-23(17-22)30(25(31)19-33-24)18-20-7-9-21(10-8-20)26(32)28-13-16-29-14-5-6-15-29/h7-12,17H,4-6,13-16,18-19H2,1-3H3,(H,28,32). The predicted octanol–water partition coefficient (Wildman–Crippen LogP) is 4.13. The molecule has 0 unspecified atom stereocenters. The number of carbonyl (C=O) groups excluding carboxylic acids is 2. The molecule has 1 saturated heterocycles. The molecule has 1 N–H and O–H groups in total. The number of carbonyl (C=O) groups is 2. The first-order chi connectivity index (χ1) is 15.9. The molecule has 0 bridgehead atoms. The van der Waals surface area contributed by atoms with Crippen LogP contribution in [0.2, 0.25) is 0 Å². The van der Waals surface area contributed by atoms with Gasteiger partial charge in [0.25, 0.3) is 11.8 Å². The Bertz CT molecular complexity index is 994. The van der Waals surface area contributed by atoms with Crippen molar-refractivity contribution in [3.8, 4) is 5.75 Å². The van der Waals surface area contributed by atoms with E-state index in [1.54, 1.807) is 4.90 Å². The van der Waals surface area contributed by atoms with Crippen LogP contribution in [-0.2, 0) is 16.8 Å². The smallest absolute Gasteiger partial charge is 0.265 e. The predicted molar refractivity (Wildman–Crippen MR) is 131 cm³/mol. The molecule has 2 amide bonds. The Kier molecular flexibility index (Phi) is 7.03. The molecule has 0 aromatic heterocycles. The monoisotopic (exact) mass is 449 g/mol. The van der Waals surface area contributed by atoms with Gasteiger partial charge in [0.05, 0.1) is 12.2 Å². The molecule has 6 nitrogen and oxygen atoms in total. The van der Waals surface area contributed by atoms with E-state index >= 15 is 0 Å². The Balaban J connectivity index is 1.43. The molecule has 176 valence electrons. The van der Waals surface area contributed by atoms with Crippen LogP contribution in [0.3, 0.4) is 0 Å². The lowest BCUT2D eigenvalue weighted by Gasteiger charge is -2.32. The lowest BCUT2D eigenvalue weighted by Crippen LogP contribution is -2.38. The van der Waals surface area contributed by atoms with E-state index < -0.39 is 0 Å². The number of benzene rings is 2. The zero-order chi connectivity index (χ0) is 23.4. The largest absolute Gasteiger partial charge is 0.482 e. The van der Waals surface area contributed by atoms with Crippen LogP contribution in [-0.4, -0.2) is 49.5 Å². The molecule has 1 fully saturated rings. The normalized spacial score (nSPS) is 16.5. The number of fused-ring (bicyclic) bond motifs is 1. The van der Waals surface area contributed by atoms with Crippen LogP contribution in [0.25, 0.3) is 0 Å². The molecule has 33 heavy (non-hydrogen) atoms. The summed E-state index contributed by atoms with van der Waals surface area (Å²) in [6, 6.07) is 13.7. The number of likely N-dealkylation sites (tertiary alicyclic amines) is 1. The van der Waals surface area contributed by atoms with Crippen molar-refractivity contribution in [3.05, 3.63) is 59.2 Å². The van der Waals surface area contributed by atoms with Gasteiger partial charge in [0.15, 0.2) is 6.61 Å². The lowest BCUT2D eigenvalue weighted by molar-refractivity contribution is -0.121. The fourth-order valence-electron chi connectivity index (χ4n) is 4.38. The topological polar surface area (TPSA) is 61.9 Å². The molecular weight excluding hydrogens is 414 g/mol. The highest BCUT2D eigenvalue weighted by Gasteiger charge is 2.28. The molecule has 0 saturated carbocycles. The van der Waals surface area contributed by atoms with Crippen molar-refractivity contribution >= 4 is 17.5 Å². The molecule has 4 rings (SSSR count). The Labute approximate surface area is 196 Å². The molecule has 0 aliphatic carbocycles. The van der Waals surface area contributed by atoms with E-state index in [0.29, 0.717) is 18.7 Å². The SMILES string of the molecule is CCC(C)(C)c1ccc2c(c1)N(Cc1ccc(C(=O)NCCN3CCCC3)cc1)C(=O)CO2. The maximum atomic E-state index is 12.7. The van der Waals surface area contributed by atoms with Gasteiger partial charge >= 0.3 is 0 Å². The molecule has 2 aliphatic heterocycles. The highest BCUT2D eigenvalue weighted by Crippen LogP contribution is 2.38. The molecule has 0 atom stereocenters. The summed E-state index contributed by atoms with van der Waals surface area (Å²) in [4.78, 5) is 29.4. The van der Waals surface area contributed by atoms with Gasteiger partial charge < -0.3 is 19.9 Å². The molecule has 2 aliphatic rings. The third-order valence-electron chi connectivity index (χ3n) is 7.04. The van der Waals surface area contributed by atoms with Gasteiger partial charge in [-0.15, -0.1) is 0 Å². The summed E-state index contributed by atoms with van der Waals surface area (Å²) in [6.45, 7) is 10.9. The van der Waals surface area contributed by atoms with E-state index in [1.165, 1.54) is 18.4 Å². The van der Waals surface area contributed by atoms with E-state index in [0.717, 1.165) is 43.1 Å². The summed E-state index contributed by atoms with van der Waals surface area (Å²) in [7, 11) is 0. The second-order valence-corrected chi connectivity index (χ2v) is 9.69. The number of amides is 2. The van der Waals surface area contributed by atoms with Crippen LogP contribution in [0.5, 0.6) is 5.75 Å². The average Bonchev–Trinajstić information content (AvgIpc) is 3.34. The van der Waals surface area contributed by atoms with Crippen LogP contribution in [0, 0.1) is 0 Å². The van der Waals surface area contributed by atoms with Crippen LogP contribution in [0.4, 0.5) is 5.69 Å². The molecule has 6 heteroatoms. The van der Waals surface area contributed by atoms with Gasteiger partial charge in [-0.25, -0.2) is 0 Å². The molecule has 2 aromatic carbocycles. The lowest BCUT2D eigenvalue weighted by atomic mass is 9.82. The van der Waals surface area contributed by atoms with Gasteiger partial charge in [0, 0.05) is 18.7 Å². The van der Waals surface area contributed by atoms with Crippen molar-refractivity contribution in [2.75, 3.05) is 37.7 Å². The van der Waals surface area contributed by atoms with Crippen molar-refractivity contribution in [2.45, 2.75) is 52.0 Å². The highest BCUT2D eigenvalue weighted by atomic mass is 16.5. The average molecular weight is 450 g/mol. The van der Waals surface area contributed by atoms with Crippen molar-refractivity contribution in [3.63, 3.8) is 0 Å². The van der Waals surface area contributed by atoms with Gasteiger partial charge in [-0.2, -0.15) is 0 Å². The van der Waals surface area contributed by atoms with Crippen LogP contribution in [0.15, 0.2) is 42.5 Å². The second-order valence-electron chi connectivity index (χ2n) is 9.69. The van der Waals surface area contributed by atoms with Gasteiger partial charge in [-0.3, -0.25) is 9.59 Å². The fraction of sp³-hybridized carbons (Fsp3) is 0.481. The summed E-state index contributed by atoms with van der Waals surface area (Å²) in [6.07, 6.45) is 3.51. The second kappa shape index (κ2) is 9.96. The summed E-state index contributed by atoms with van der Waals surface area (Å²) in [5.74, 6) is 0.622. The third kappa shape index (κ3) is 5.38. The Morgan fingerprint density at radius 1 is 1.09 bits per heavy atom. The van der Waals surface area contributed by atoms with Crippen molar-refractivity contribution in [2.24, 2.45) is 0 Å². The first-order valence-corrected chi connectivity index (χ1v) is 12.0. The van der Waals surface area contributed by atoms with Gasteiger partial charge in [-0.05, 0) is 73.2 Å². The fourth-order valence-corrected chi connectivity index (χ4v) is 4.38. The first kappa shape index (κ1) is 23.3. The number of anilines is 1. The maximum absolute atomic E-state index is 12.7. The van der Waals surface area contributed by atoms with Crippen molar-refractivity contribution < 1.29 is 14.3 Å². The van der Waals surface area contributed by atoms with Gasteiger partial charge in [0.1, 0.15) is 5.75 Å². The van der Waals surface area contributed by atoms with Gasteiger partial charge in [0.2, 0.25) is 0 Å². The van der Waals surface area contributed by atoms with Crippen LogP contribution in [0.1, 0.15) is 61.5 Å². The zero-order valence-corrected chi connectivity index (χ0v) is 20.0. The van der Waals surface area contributed by atoms with E-state index in [4.69, 9.17) is 4.74 Å². The summed E-state index contributed by atoms with van der Waals surface area (Å²) in [5, 5.41) is 3.01. The van der Waals surface area contributed by atoms with Crippen molar-refractivity contribution in [1.82, 2.24) is 10.2 Å². The number of ether oxygens (including phenoxy) is 1. The zero-order valence-electron chi connectivity index (χ0n) is 20.0. The molecule has 0 spiro atoms. The van der Waals surface area contributed by atoms with E-state index in [-0.39, 0.29) is 23.8 Å². The van der Waals surface area contributed by atoms with Crippen LogP contribution < -0.4 is 15.0 Å². The maximum Gasteiger partial charge on any atom is 0.265 e. The summed E-state index contributed by atoms with van der Waals surface area (Å²) >= 11 is 0. The Morgan fingerprint density at radius 3 is 2.52 bits per heavy atom. The quantitative estimate of drug-likeness (QED) is 0.658. The Morgan fingerprint density at radius 2 is 1.82 bits per heavy atom. The minimum atomic E-state index is -0.0577. The number of rotatable bonds is 8. The molecule has 2 heterocycles. The third-order valence-corrected chi connectivity index (χ3v) is 7.04. The summed E-state index contributed by atoms with van der Waals surface area (Å²) < 4.78 is 5.68. The number of nitrogens with one attached hydrogen (secondary N) is 1. The molecule has 0 radical (unpaired) electrons. The van der Waals surface area contributed by atoms with E-state index in [1.807, 2.05) is 30.3 Å².